The minimum Gasteiger partial charge on any atom is -0.502 e. The standard InChI is InChI=1S/C37H45F3N20O12/c1-14(41)49-25(29(64)51-24(23(42)62)55-34(43)44)53-31(66)27(57-36(47)48)54-30(65)26(56-35(45)46)52-28(63)22(16-5-3-2-4-6-16)50-32(67)33(68)58(13-15-7-10-21(61)20(11-15)60(71)72)19-9-8-17(59(69)70)12-18(19)37(38,39)40/h2-12,22,24-27,33,61,68H,13H2,1H3,(H2,41,49)(H2,42,62)(H,50,67)(H,51,64)(H,52,63)(H,53,66)(H,54,65)(H4,43,44,55)(H4,45,46,56)(H4,47,48,57). The molecule has 32 nitrogen and oxygen atoms in total. The van der Waals surface area contributed by atoms with Crippen molar-refractivity contribution in [1.29, 1.82) is 0 Å². The van der Waals surface area contributed by atoms with Crippen molar-refractivity contribution in [3.05, 3.63) is 104 Å². The fraction of sp³-hybridized carbons (Fsp3) is 0.243. The van der Waals surface area contributed by atoms with Crippen LogP contribution in [0.25, 0.3) is 0 Å². The number of hydrogen-bond donors (Lipinski definition) is 15. The first-order valence-corrected chi connectivity index (χ1v) is 19.7. The highest BCUT2D eigenvalue weighted by Gasteiger charge is 2.40. The SMILES string of the molecule is CC(N)=NC(NC(=O)C(N=C(N)N)NC(=O)C(N=C(N)N)NC(=O)C(NC(=O)C(O)N(Cc1ccc(O)c([N+](=O)[O-])c1)c1ccc([N+](=O)[O-])cc1C(F)(F)F)c1ccccc1)C(=O)NC(N=C(N)N)C(N)=O. The summed E-state index contributed by atoms with van der Waals surface area (Å²) in [4.78, 5) is 116. The normalized spacial score (nSPS) is 13.7. The molecule has 0 bridgehead atoms. The van der Waals surface area contributed by atoms with Crippen molar-refractivity contribution in [2.24, 2.45) is 65.8 Å². The second kappa shape index (κ2) is 24.3. The number of carbonyl (C=O) groups is 6. The van der Waals surface area contributed by atoms with Crippen LogP contribution < -0.4 is 77.4 Å². The van der Waals surface area contributed by atoms with E-state index in [2.05, 4.69) is 30.6 Å². The minimum atomic E-state index is -5.41. The Balaban J connectivity index is 2.07. The third kappa shape index (κ3) is 16.0. The van der Waals surface area contributed by atoms with E-state index < -0.39 is 141 Å². The first-order chi connectivity index (χ1) is 33.5. The van der Waals surface area contributed by atoms with E-state index in [1.54, 1.807) is 0 Å². The van der Waals surface area contributed by atoms with Gasteiger partial charge in [0, 0.05) is 24.7 Å². The number of amides is 6. The van der Waals surface area contributed by atoms with Gasteiger partial charge in [0.25, 0.3) is 35.2 Å². The molecule has 0 spiro atoms. The summed E-state index contributed by atoms with van der Waals surface area (Å²) in [5, 5.41) is 54.8. The average Bonchev–Trinajstić information content (AvgIpc) is 3.28. The van der Waals surface area contributed by atoms with Crippen LogP contribution in [0.15, 0.2) is 86.7 Å². The molecule has 0 aliphatic heterocycles. The lowest BCUT2D eigenvalue weighted by Crippen LogP contribution is -2.58. The van der Waals surface area contributed by atoms with Crippen molar-refractivity contribution in [2.45, 2.75) is 56.6 Å². The lowest BCUT2D eigenvalue weighted by molar-refractivity contribution is -0.385. The Morgan fingerprint density at radius 1 is 0.653 bits per heavy atom. The first kappa shape index (κ1) is 56.2. The van der Waals surface area contributed by atoms with Crippen molar-refractivity contribution in [2.75, 3.05) is 4.90 Å². The molecule has 3 aromatic rings. The van der Waals surface area contributed by atoms with Crippen LogP contribution in [0.4, 0.5) is 30.2 Å². The van der Waals surface area contributed by atoms with Gasteiger partial charge in [0.05, 0.1) is 26.9 Å². The molecule has 23 N–H and O–H groups in total. The number of hydrogen-bond acceptors (Lipinski definition) is 17. The maximum Gasteiger partial charge on any atom is 0.418 e. The number of amidine groups is 1. The van der Waals surface area contributed by atoms with Gasteiger partial charge in [0.1, 0.15) is 6.04 Å². The smallest absolute Gasteiger partial charge is 0.418 e. The predicted octanol–water partition coefficient (Wildman–Crippen LogP) is -5.14. The number of primary amides is 1. The summed E-state index contributed by atoms with van der Waals surface area (Å²) in [6, 6.07) is 8.19. The number of carbonyl (C=O) groups excluding carboxylic acids is 6. The number of aromatic hydroxyl groups is 1. The van der Waals surface area contributed by atoms with E-state index in [-0.39, 0.29) is 23.0 Å². The predicted molar refractivity (Wildman–Crippen MR) is 244 cm³/mol. The molecule has 386 valence electrons. The number of alkyl halides is 3. The number of nitro benzene ring substituents is 2. The summed E-state index contributed by atoms with van der Waals surface area (Å²) in [7, 11) is 0. The number of nitrogens with one attached hydrogen (secondary N) is 5. The highest BCUT2D eigenvalue weighted by molar-refractivity contribution is 5.99. The van der Waals surface area contributed by atoms with Crippen molar-refractivity contribution >= 4 is 76.2 Å². The summed E-state index contributed by atoms with van der Waals surface area (Å²) >= 11 is 0. The van der Waals surface area contributed by atoms with Crippen LogP contribution in [-0.2, 0) is 41.5 Å². The number of halogens is 3. The number of non-ortho nitro benzene ring substituents is 1. The molecule has 0 aromatic heterocycles. The maximum atomic E-state index is 14.6. The number of benzene rings is 3. The number of phenolic OH excluding ortho intramolecular Hbond substituents is 1. The van der Waals surface area contributed by atoms with E-state index >= 15 is 0 Å². The Hall–Kier alpha value is -10.1. The minimum absolute atomic E-state index is 0.0879. The summed E-state index contributed by atoms with van der Waals surface area (Å²) in [6.45, 7) is 0.162. The summed E-state index contributed by atoms with van der Waals surface area (Å²) in [5.74, 6) is -12.4. The van der Waals surface area contributed by atoms with Gasteiger partial charge in [0.2, 0.25) is 36.8 Å². The lowest BCUT2D eigenvalue weighted by atomic mass is 10.1. The van der Waals surface area contributed by atoms with Crippen molar-refractivity contribution < 1.29 is 62.0 Å². The average molecular weight is 1020 g/mol. The Bertz CT molecular complexity index is 2690. The van der Waals surface area contributed by atoms with Crippen LogP contribution in [0.2, 0.25) is 0 Å². The molecule has 6 unspecified atom stereocenters. The van der Waals surface area contributed by atoms with Crippen molar-refractivity contribution in [3.8, 4) is 5.75 Å². The van der Waals surface area contributed by atoms with Gasteiger partial charge >= 0.3 is 11.9 Å². The molecule has 3 rings (SSSR count). The quantitative estimate of drug-likeness (QED) is 0.0147. The molecular formula is C37H45F3N20O12. The van der Waals surface area contributed by atoms with E-state index in [1.165, 1.54) is 37.3 Å². The lowest BCUT2D eigenvalue weighted by Gasteiger charge is -2.32. The molecule has 0 heterocycles. The number of nitrogens with two attached hydrogens (primary N) is 8. The number of guanidine groups is 3. The molecule has 0 radical (unpaired) electrons. The number of nitrogens with zero attached hydrogens (tertiary/aromatic N) is 7. The van der Waals surface area contributed by atoms with Crippen LogP contribution in [0.5, 0.6) is 5.75 Å². The van der Waals surface area contributed by atoms with E-state index in [9.17, 15) is 72.4 Å². The molecule has 35 heteroatoms. The van der Waals surface area contributed by atoms with E-state index in [0.29, 0.717) is 23.1 Å². The molecule has 0 saturated heterocycles. The second-order valence-electron chi connectivity index (χ2n) is 14.4. The Labute approximate surface area is 401 Å². The van der Waals surface area contributed by atoms with Gasteiger partial charge in [-0.05, 0) is 30.2 Å². The van der Waals surface area contributed by atoms with E-state index in [0.717, 1.165) is 12.1 Å². The highest BCUT2D eigenvalue weighted by Crippen LogP contribution is 2.40. The number of aliphatic hydroxyl groups is 1. The maximum absolute atomic E-state index is 14.6. The van der Waals surface area contributed by atoms with Crippen molar-refractivity contribution in [1.82, 2.24) is 26.6 Å². The summed E-state index contributed by atoms with van der Waals surface area (Å²) in [5.41, 5.74) is 38.0. The number of rotatable bonds is 22. The third-order valence-corrected chi connectivity index (χ3v) is 8.90. The molecular weight excluding hydrogens is 974 g/mol. The van der Waals surface area contributed by atoms with Gasteiger partial charge in [-0.2, -0.15) is 13.2 Å². The Morgan fingerprint density at radius 3 is 1.60 bits per heavy atom. The zero-order valence-corrected chi connectivity index (χ0v) is 36.9. The second-order valence-corrected chi connectivity index (χ2v) is 14.4. The van der Waals surface area contributed by atoms with Crippen molar-refractivity contribution in [3.63, 3.8) is 0 Å². The Morgan fingerprint density at radius 2 is 1.14 bits per heavy atom. The number of aliphatic imine (C=N–C) groups is 4. The fourth-order valence-corrected chi connectivity index (χ4v) is 5.88. The molecule has 72 heavy (non-hydrogen) atoms. The third-order valence-electron chi connectivity index (χ3n) is 8.90. The molecule has 0 aliphatic rings. The van der Waals surface area contributed by atoms with Gasteiger partial charge in [-0.15, -0.1) is 0 Å². The molecule has 0 saturated carbocycles. The van der Waals surface area contributed by atoms with Gasteiger partial charge in [0.15, 0.2) is 23.6 Å². The number of aliphatic hydroxyl groups excluding tert-OH is 1. The molecule has 6 atom stereocenters. The van der Waals surface area contributed by atoms with Gasteiger partial charge in [-0.1, -0.05) is 36.4 Å². The van der Waals surface area contributed by atoms with Crippen LogP contribution in [0.1, 0.15) is 29.7 Å². The van der Waals surface area contributed by atoms with E-state index in [1.807, 2.05) is 16.0 Å². The summed E-state index contributed by atoms with van der Waals surface area (Å²) in [6.07, 6.45) is -16.7. The van der Waals surface area contributed by atoms with Crippen LogP contribution in [0, 0.1) is 20.2 Å². The Kier molecular flexibility index (Phi) is 19.0. The largest absolute Gasteiger partial charge is 0.502 e. The molecule has 0 aliphatic carbocycles. The monoisotopic (exact) mass is 1020 g/mol. The van der Waals surface area contributed by atoms with Crippen LogP contribution in [-0.4, -0.2) is 110 Å². The number of phenols is 1. The highest BCUT2D eigenvalue weighted by atomic mass is 19.4. The molecule has 3 aromatic carbocycles. The molecule has 6 amide bonds. The van der Waals surface area contributed by atoms with Crippen LogP contribution >= 0.6 is 0 Å². The topological polar surface area (TPSA) is 550 Å². The summed E-state index contributed by atoms with van der Waals surface area (Å²) < 4.78 is 43.7. The number of anilines is 1. The first-order valence-electron chi connectivity index (χ1n) is 19.7. The van der Waals surface area contributed by atoms with Gasteiger partial charge in [-0.25, -0.2) is 20.0 Å². The van der Waals surface area contributed by atoms with Gasteiger partial charge in [-0.3, -0.25) is 49.0 Å². The fourth-order valence-electron chi connectivity index (χ4n) is 5.88. The molecule has 0 fully saturated rings. The zero-order chi connectivity index (χ0) is 54.4. The van der Waals surface area contributed by atoms with E-state index in [4.69, 9.17) is 45.9 Å². The number of nitro groups is 2. The van der Waals surface area contributed by atoms with Gasteiger partial charge < -0.3 is 87.6 Å². The zero-order valence-electron chi connectivity index (χ0n) is 36.9. The van der Waals surface area contributed by atoms with Crippen LogP contribution in [0.3, 0.4) is 0 Å².